The molecule has 15 heavy (non-hydrogen) atoms. The lowest BCUT2D eigenvalue weighted by Gasteiger charge is -2.25. The standard InChI is InChI=1S/C12H11IO2/c1-9-7-12(8-13,15-11(9)14)10-5-3-2-4-6-10/h2-6H,1,7-8H2. The zero-order chi connectivity index (χ0) is 10.9. The topological polar surface area (TPSA) is 26.3 Å². The zero-order valence-corrected chi connectivity index (χ0v) is 10.4. The molecule has 0 spiro atoms. The molecule has 1 saturated heterocycles. The maximum absolute atomic E-state index is 11.4. The second kappa shape index (κ2) is 3.96. The van der Waals surface area contributed by atoms with E-state index in [4.69, 9.17) is 4.74 Å². The maximum Gasteiger partial charge on any atom is 0.334 e. The minimum Gasteiger partial charge on any atom is -0.450 e. The molecule has 0 amide bonds. The number of ether oxygens (including phenoxy) is 1. The summed E-state index contributed by atoms with van der Waals surface area (Å²) in [5.41, 5.74) is 1.12. The molecule has 0 radical (unpaired) electrons. The fraction of sp³-hybridized carbons (Fsp3) is 0.250. The van der Waals surface area contributed by atoms with Gasteiger partial charge in [0.2, 0.25) is 0 Å². The van der Waals surface area contributed by atoms with E-state index in [1.807, 2.05) is 30.3 Å². The van der Waals surface area contributed by atoms with Gasteiger partial charge in [0, 0.05) is 16.4 Å². The second-order valence-electron chi connectivity index (χ2n) is 3.66. The van der Waals surface area contributed by atoms with Crippen LogP contribution in [-0.4, -0.2) is 10.4 Å². The summed E-state index contributed by atoms with van der Waals surface area (Å²) in [5.74, 6) is -0.268. The van der Waals surface area contributed by atoms with E-state index >= 15 is 0 Å². The summed E-state index contributed by atoms with van der Waals surface area (Å²) < 4.78 is 6.20. The normalized spacial score (nSPS) is 25.4. The minimum atomic E-state index is -0.490. The van der Waals surface area contributed by atoms with E-state index in [1.165, 1.54) is 0 Å². The first kappa shape index (κ1) is 10.7. The van der Waals surface area contributed by atoms with Gasteiger partial charge in [0.1, 0.15) is 0 Å². The van der Waals surface area contributed by atoms with Crippen LogP contribution in [0.4, 0.5) is 0 Å². The smallest absolute Gasteiger partial charge is 0.334 e. The molecular formula is C12H11IO2. The van der Waals surface area contributed by atoms with Gasteiger partial charge < -0.3 is 4.74 Å². The Bertz CT molecular complexity index is 381. The number of esters is 1. The molecule has 1 heterocycles. The lowest BCUT2D eigenvalue weighted by atomic mass is 9.92. The van der Waals surface area contributed by atoms with Gasteiger partial charge in [-0.2, -0.15) is 0 Å². The van der Waals surface area contributed by atoms with Crippen molar-refractivity contribution in [3.8, 4) is 0 Å². The van der Waals surface area contributed by atoms with Crippen LogP contribution in [0.3, 0.4) is 0 Å². The highest BCUT2D eigenvalue weighted by Crippen LogP contribution is 2.40. The Morgan fingerprint density at radius 2 is 2.07 bits per heavy atom. The molecule has 1 unspecified atom stereocenters. The molecule has 1 fully saturated rings. The van der Waals surface area contributed by atoms with Crippen molar-refractivity contribution in [1.82, 2.24) is 0 Å². The molecule has 2 nitrogen and oxygen atoms in total. The zero-order valence-electron chi connectivity index (χ0n) is 8.20. The summed E-state index contributed by atoms with van der Waals surface area (Å²) in [5, 5.41) is 0. The van der Waals surface area contributed by atoms with Crippen molar-refractivity contribution in [2.75, 3.05) is 4.43 Å². The SMILES string of the molecule is C=C1CC(CI)(c2ccccc2)OC1=O. The summed E-state index contributed by atoms with van der Waals surface area (Å²) in [6.07, 6.45) is 0.596. The first-order chi connectivity index (χ1) is 7.18. The molecule has 1 aliphatic rings. The van der Waals surface area contributed by atoms with E-state index < -0.39 is 5.60 Å². The Morgan fingerprint density at radius 1 is 1.40 bits per heavy atom. The number of halogens is 1. The van der Waals surface area contributed by atoms with Crippen molar-refractivity contribution in [3.63, 3.8) is 0 Å². The largest absolute Gasteiger partial charge is 0.450 e. The number of alkyl halides is 1. The van der Waals surface area contributed by atoms with Crippen LogP contribution < -0.4 is 0 Å². The fourth-order valence-electron chi connectivity index (χ4n) is 1.76. The number of hydrogen-bond donors (Lipinski definition) is 0. The molecule has 0 aliphatic carbocycles. The van der Waals surface area contributed by atoms with Gasteiger partial charge in [0.05, 0.1) is 0 Å². The van der Waals surface area contributed by atoms with Crippen molar-refractivity contribution in [2.24, 2.45) is 0 Å². The maximum atomic E-state index is 11.4. The van der Waals surface area contributed by atoms with Crippen molar-refractivity contribution in [2.45, 2.75) is 12.0 Å². The van der Waals surface area contributed by atoms with Crippen LogP contribution in [-0.2, 0) is 15.1 Å². The van der Waals surface area contributed by atoms with Gasteiger partial charge >= 0.3 is 5.97 Å². The average Bonchev–Trinajstić information content (AvgIpc) is 2.57. The van der Waals surface area contributed by atoms with E-state index in [0.717, 1.165) is 9.99 Å². The second-order valence-corrected chi connectivity index (χ2v) is 4.43. The van der Waals surface area contributed by atoms with Gasteiger partial charge in [-0.3, -0.25) is 0 Å². The molecule has 78 valence electrons. The first-order valence-electron chi connectivity index (χ1n) is 4.70. The van der Waals surface area contributed by atoms with E-state index in [0.29, 0.717) is 12.0 Å². The van der Waals surface area contributed by atoms with Crippen molar-refractivity contribution >= 4 is 28.6 Å². The van der Waals surface area contributed by atoms with Gasteiger partial charge in [-0.25, -0.2) is 4.79 Å². The number of cyclic esters (lactones) is 1. The molecule has 2 rings (SSSR count). The highest BCUT2D eigenvalue weighted by atomic mass is 127. The van der Waals surface area contributed by atoms with Crippen LogP contribution in [0.2, 0.25) is 0 Å². The van der Waals surface area contributed by atoms with E-state index in [-0.39, 0.29) is 5.97 Å². The quantitative estimate of drug-likeness (QED) is 0.363. The molecule has 1 aliphatic heterocycles. The molecule has 0 aromatic heterocycles. The van der Waals surface area contributed by atoms with Crippen molar-refractivity contribution < 1.29 is 9.53 Å². The van der Waals surface area contributed by atoms with Crippen LogP contribution in [0.1, 0.15) is 12.0 Å². The van der Waals surface area contributed by atoms with Gasteiger partial charge in [0.25, 0.3) is 0 Å². The molecule has 1 atom stereocenters. The van der Waals surface area contributed by atoms with Crippen LogP contribution in [0, 0.1) is 0 Å². The average molecular weight is 314 g/mol. The van der Waals surface area contributed by atoms with E-state index in [1.54, 1.807) is 0 Å². The predicted molar refractivity (Wildman–Crippen MR) is 66.9 cm³/mol. The Balaban J connectivity index is 2.40. The van der Waals surface area contributed by atoms with Crippen molar-refractivity contribution in [3.05, 3.63) is 48.0 Å². The number of carbonyl (C=O) groups is 1. The number of rotatable bonds is 2. The third-order valence-electron chi connectivity index (χ3n) is 2.59. The lowest BCUT2D eigenvalue weighted by Crippen LogP contribution is -2.27. The van der Waals surface area contributed by atoms with Gasteiger partial charge in [-0.1, -0.05) is 59.5 Å². The predicted octanol–water partition coefficient (Wildman–Crippen LogP) is 2.82. The van der Waals surface area contributed by atoms with Crippen molar-refractivity contribution in [1.29, 1.82) is 0 Å². The number of benzene rings is 1. The number of carbonyl (C=O) groups excluding carboxylic acids is 1. The first-order valence-corrected chi connectivity index (χ1v) is 6.23. The van der Waals surface area contributed by atoms with Crippen LogP contribution >= 0.6 is 22.6 Å². The van der Waals surface area contributed by atoms with Gasteiger partial charge in [0.15, 0.2) is 5.60 Å². The molecule has 3 heteroatoms. The van der Waals surface area contributed by atoms with Crippen LogP contribution in [0.25, 0.3) is 0 Å². The molecule has 0 bridgehead atoms. The minimum absolute atomic E-state index is 0.268. The van der Waals surface area contributed by atoms with Gasteiger partial charge in [-0.05, 0) is 5.56 Å². The summed E-state index contributed by atoms with van der Waals surface area (Å²) in [7, 11) is 0. The summed E-state index contributed by atoms with van der Waals surface area (Å²) in [6, 6.07) is 9.85. The third kappa shape index (κ3) is 1.80. The monoisotopic (exact) mass is 314 g/mol. The van der Waals surface area contributed by atoms with Gasteiger partial charge in [-0.15, -0.1) is 0 Å². The Labute approximate surface area is 102 Å². The molecule has 1 aromatic rings. The van der Waals surface area contributed by atoms with Crippen LogP contribution in [0.15, 0.2) is 42.5 Å². The highest BCUT2D eigenvalue weighted by molar-refractivity contribution is 14.1. The Morgan fingerprint density at radius 3 is 2.53 bits per heavy atom. The summed E-state index contributed by atoms with van der Waals surface area (Å²) >= 11 is 2.25. The molecule has 0 saturated carbocycles. The highest BCUT2D eigenvalue weighted by Gasteiger charge is 2.43. The van der Waals surface area contributed by atoms with E-state index in [9.17, 15) is 4.79 Å². The molecular weight excluding hydrogens is 303 g/mol. The Hall–Kier alpha value is -0.840. The third-order valence-corrected chi connectivity index (χ3v) is 3.82. The summed E-state index contributed by atoms with van der Waals surface area (Å²) in [6.45, 7) is 3.73. The summed E-state index contributed by atoms with van der Waals surface area (Å²) in [4.78, 5) is 11.4. The molecule has 0 N–H and O–H groups in total. The number of hydrogen-bond acceptors (Lipinski definition) is 2. The lowest BCUT2D eigenvalue weighted by molar-refractivity contribution is -0.145. The van der Waals surface area contributed by atoms with Crippen LogP contribution in [0.5, 0.6) is 0 Å². The fourth-order valence-corrected chi connectivity index (χ4v) is 2.62. The molecule has 1 aromatic carbocycles. The Kier molecular flexibility index (Phi) is 2.82. The van der Waals surface area contributed by atoms with E-state index in [2.05, 4.69) is 29.2 Å².